The predicted molar refractivity (Wildman–Crippen MR) is 121 cm³/mol. The lowest BCUT2D eigenvalue weighted by molar-refractivity contribution is -0.715. The Balaban J connectivity index is 1.62. The summed E-state index contributed by atoms with van der Waals surface area (Å²) in [7, 11) is 0. The summed E-state index contributed by atoms with van der Waals surface area (Å²) in [6, 6.07) is 9.39. The van der Waals surface area contributed by atoms with E-state index in [0.29, 0.717) is 6.04 Å². The van der Waals surface area contributed by atoms with Crippen molar-refractivity contribution < 1.29 is 4.57 Å². The molecule has 156 valence electrons. The molecule has 0 unspecified atom stereocenters. The van der Waals surface area contributed by atoms with Crippen molar-refractivity contribution in [3.05, 3.63) is 48.5 Å². The summed E-state index contributed by atoms with van der Waals surface area (Å²) in [6.07, 6.45) is 24.7. The first-order valence-corrected chi connectivity index (χ1v) is 11.9. The van der Waals surface area contributed by atoms with Gasteiger partial charge in [-0.2, -0.15) is 0 Å². The normalized spacial score (nSPS) is 11.4. The minimum atomic E-state index is 0.504. The highest BCUT2D eigenvalue weighted by molar-refractivity contribution is 5.40. The van der Waals surface area contributed by atoms with Crippen LogP contribution in [-0.2, 0) is 6.42 Å². The van der Waals surface area contributed by atoms with E-state index < -0.39 is 0 Å². The standard InChI is InChI=1S/C26H43N2/c1-4-5-6-7-8-9-10-11-12-13-14-15-18-25-19-16-17-20-26(25)28-22-21-27(23-28)24(2)3/h16-17,19-24H,4-15,18H2,1-3H3/q+1. The van der Waals surface area contributed by atoms with Crippen LogP contribution in [0.15, 0.2) is 43.0 Å². The van der Waals surface area contributed by atoms with E-state index in [1.807, 2.05) is 0 Å². The molecular formula is C26H43N2+. The largest absolute Gasteiger partial charge is 0.249 e. The van der Waals surface area contributed by atoms with Gasteiger partial charge in [-0.05, 0) is 38.3 Å². The third-order valence-electron chi connectivity index (χ3n) is 5.82. The van der Waals surface area contributed by atoms with Crippen LogP contribution in [-0.4, -0.2) is 4.57 Å². The fraction of sp³-hybridized carbons (Fsp3) is 0.654. The summed E-state index contributed by atoms with van der Waals surface area (Å²) in [5.41, 5.74) is 2.81. The summed E-state index contributed by atoms with van der Waals surface area (Å²) in [4.78, 5) is 0. The second-order valence-corrected chi connectivity index (χ2v) is 8.63. The Morgan fingerprint density at radius 3 is 1.93 bits per heavy atom. The lowest BCUT2D eigenvalue weighted by Crippen LogP contribution is -2.33. The van der Waals surface area contributed by atoms with E-state index in [0.717, 1.165) is 0 Å². The van der Waals surface area contributed by atoms with Crippen molar-refractivity contribution in [1.29, 1.82) is 0 Å². The van der Waals surface area contributed by atoms with E-state index in [1.165, 1.54) is 94.7 Å². The number of rotatable bonds is 15. The van der Waals surface area contributed by atoms with Gasteiger partial charge in [0.05, 0.1) is 6.04 Å². The highest BCUT2D eigenvalue weighted by Gasteiger charge is 2.12. The van der Waals surface area contributed by atoms with Gasteiger partial charge in [0.25, 0.3) is 0 Å². The number of aryl methyl sites for hydroxylation is 1. The molecule has 2 aromatic rings. The predicted octanol–water partition coefficient (Wildman–Crippen LogP) is 7.59. The Labute approximate surface area is 174 Å². The van der Waals surface area contributed by atoms with Gasteiger partial charge in [-0.1, -0.05) is 95.8 Å². The van der Waals surface area contributed by atoms with Gasteiger partial charge < -0.3 is 0 Å². The number of nitrogens with zero attached hydrogens (tertiary/aromatic N) is 2. The smallest absolute Gasteiger partial charge is 0.234 e. The van der Waals surface area contributed by atoms with Crippen LogP contribution in [0.25, 0.3) is 5.69 Å². The average molecular weight is 384 g/mol. The molecule has 0 atom stereocenters. The molecule has 1 aromatic heterocycles. The number of hydrogen-bond acceptors (Lipinski definition) is 0. The number of aromatic nitrogens is 2. The van der Waals surface area contributed by atoms with Crippen LogP contribution in [0.1, 0.15) is 109 Å². The number of imidazole rings is 1. The monoisotopic (exact) mass is 383 g/mol. The highest BCUT2D eigenvalue weighted by atomic mass is 15.1. The van der Waals surface area contributed by atoms with Crippen molar-refractivity contribution in [1.82, 2.24) is 4.57 Å². The maximum Gasteiger partial charge on any atom is 0.249 e. The van der Waals surface area contributed by atoms with Crippen LogP contribution in [0.4, 0.5) is 0 Å². The third-order valence-corrected chi connectivity index (χ3v) is 5.82. The Hall–Kier alpha value is -1.57. The summed E-state index contributed by atoms with van der Waals surface area (Å²) in [6.45, 7) is 6.74. The van der Waals surface area contributed by atoms with Crippen LogP contribution in [0.5, 0.6) is 0 Å². The van der Waals surface area contributed by atoms with Crippen LogP contribution < -0.4 is 4.57 Å². The van der Waals surface area contributed by atoms with E-state index in [4.69, 9.17) is 0 Å². The van der Waals surface area contributed by atoms with Gasteiger partial charge in [-0.3, -0.25) is 0 Å². The van der Waals surface area contributed by atoms with Gasteiger partial charge in [0.1, 0.15) is 18.1 Å². The third kappa shape index (κ3) is 8.20. The van der Waals surface area contributed by atoms with Crippen molar-refractivity contribution in [2.45, 2.75) is 110 Å². The maximum atomic E-state index is 2.30. The van der Waals surface area contributed by atoms with E-state index >= 15 is 0 Å². The van der Waals surface area contributed by atoms with Gasteiger partial charge in [-0.25, -0.2) is 9.13 Å². The Kier molecular flexibility index (Phi) is 11.0. The second-order valence-electron chi connectivity index (χ2n) is 8.63. The van der Waals surface area contributed by atoms with Crippen molar-refractivity contribution in [3.63, 3.8) is 0 Å². The molecular weight excluding hydrogens is 340 g/mol. The number of para-hydroxylation sites is 1. The van der Waals surface area contributed by atoms with Gasteiger partial charge in [0.15, 0.2) is 0 Å². The minimum absolute atomic E-state index is 0.504. The second kappa shape index (κ2) is 13.6. The molecule has 28 heavy (non-hydrogen) atoms. The Morgan fingerprint density at radius 1 is 0.786 bits per heavy atom. The van der Waals surface area contributed by atoms with Gasteiger partial charge >= 0.3 is 0 Å². The highest BCUT2D eigenvalue weighted by Crippen LogP contribution is 2.18. The molecule has 0 aliphatic rings. The molecule has 1 heterocycles. The summed E-state index contributed by atoms with van der Waals surface area (Å²) in [5.74, 6) is 0. The molecule has 0 fully saturated rings. The van der Waals surface area contributed by atoms with Gasteiger partial charge in [0, 0.05) is 0 Å². The molecule has 0 saturated carbocycles. The van der Waals surface area contributed by atoms with Crippen molar-refractivity contribution >= 4 is 0 Å². The van der Waals surface area contributed by atoms with Crippen LogP contribution in [0.2, 0.25) is 0 Å². The fourth-order valence-electron chi connectivity index (χ4n) is 3.95. The summed E-state index contributed by atoms with van der Waals surface area (Å²) in [5, 5.41) is 0. The zero-order chi connectivity index (χ0) is 20.0. The molecule has 0 aliphatic carbocycles. The zero-order valence-corrected chi connectivity index (χ0v) is 18.7. The average Bonchev–Trinajstić information content (AvgIpc) is 3.19. The number of unbranched alkanes of at least 4 members (excludes halogenated alkanes) is 11. The molecule has 1 aromatic carbocycles. The van der Waals surface area contributed by atoms with E-state index in [1.54, 1.807) is 0 Å². The Morgan fingerprint density at radius 2 is 1.36 bits per heavy atom. The van der Waals surface area contributed by atoms with Crippen molar-refractivity contribution in [2.24, 2.45) is 0 Å². The molecule has 2 heteroatoms. The summed E-state index contributed by atoms with van der Waals surface area (Å²) < 4.78 is 4.54. The first-order chi connectivity index (χ1) is 13.7. The molecule has 0 bridgehead atoms. The van der Waals surface area contributed by atoms with E-state index in [2.05, 4.69) is 72.9 Å². The number of hydrogen-bond donors (Lipinski definition) is 0. The quantitative estimate of drug-likeness (QED) is 0.221. The maximum absolute atomic E-state index is 2.30. The fourth-order valence-corrected chi connectivity index (χ4v) is 3.95. The van der Waals surface area contributed by atoms with Crippen LogP contribution >= 0.6 is 0 Å². The molecule has 0 aliphatic heterocycles. The van der Waals surface area contributed by atoms with Gasteiger partial charge in [0.2, 0.25) is 6.33 Å². The lowest BCUT2D eigenvalue weighted by atomic mass is 10.0. The van der Waals surface area contributed by atoms with Crippen molar-refractivity contribution in [2.75, 3.05) is 0 Å². The molecule has 2 rings (SSSR count). The van der Waals surface area contributed by atoms with Crippen molar-refractivity contribution in [3.8, 4) is 5.69 Å². The minimum Gasteiger partial charge on any atom is -0.234 e. The SMILES string of the molecule is CCCCCCCCCCCCCCc1ccccc1-n1cc[n+](C(C)C)c1. The summed E-state index contributed by atoms with van der Waals surface area (Å²) >= 11 is 0. The van der Waals surface area contributed by atoms with Crippen LogP contribution in [0, 0.1) is 0 Å². The lowest BCUT2D eigenvalue weighted by Gasteiger charge is -2.07. The molecule has 0 amide bonds. The molecule has 2 nitrogen and oxygen atoms in total. The molecule has 0 radical (unpaired) electrons. The van der Waals surface area contributed by atoms with E-state index in [-0.39, 0.29) is 0 Å². The first kappa shape index (κ1) is 22.7. The zero-order valence-electron chi connectivity index (χ0n) is 18.7. The number of benzene rings is 1. The first-order valence-electron chi connectivity index (χ1n) is 11.9. The molecule has 0 spiro atoms. The van der Waals surface area contributed by atoms with Gasteiger partial charge in [-0.15, -0.1) is 0 Å². The Bertz CT molecular complexity index is 641. The molecule has 0 saturated heterocycles. The molecule has 0 N–H and O–H groups in total. The van der Waals surface area contributed by atoms with Crippen LogP contribution in [0.3, 0.4) is 0 Å². The topological polar surface area (TPSA) is 8.81 Å². The van der Waals surface area contributed by atoms with E-state index in [9.17, 15) is 0 Å².